The van der Waals surface area contributed by atoms with Gasteiger partial charge in [-0.1, -0.05) is 0 Å². The van der Waals surface area contributed by atoms with Gasteiger partial charge < -0.3 is 14.9 Å². The highest BCUT2D eigenvalue weighted by Crippen LogP contribution is 2.28. The molecule has 0 bridgehead atoms. The first-order valence-electron chi connectivity index (χ1n) is 4.36. The Balaban J connectivity index is 3.11. The van der Waals surface area contributed by atoms with Crippen molar-refractivity contribution in [1.82, 2.24) is 0 Å². The molecule has 0 aliphatic carbocycles. The minimum atomic E-state index is -0.429. The molecule has 3 heteroatoms. The molecular formula is C10H17NO2. The average molecular weight is 183 g/mol. The molecule has 1 heterocycles. The first kappa shape index (κ1) is 10.3. The fourth-order valence-electron chi connectivity index (χ4n) is 1.46. The molecule has 13 heavy (non-hydrogen) atoms. The lowest BCUT2D eigenvalue weighted by atomic mass is 9.96. The summed E-state index contributed by atoms with van der Waals surface area (Å²) >= 11 is 0. The zero-order valence-electron chi connectivity index (χ0n) is 8.68. The normalized spacial score (nSPS) is 15.8. The SMILES string of the molecule is COC(C)(CN)c1cc(C)oc1C. The molecule has 0 aliphatic heterocycles. The van der Waals surface area contributed by atoms with Gasteiger partial charge in [0, 0.05) is 19.2 Å². The van der Waals surface area contributed by atoms with E-state index in [2.05, 4.69) is 0 Å². The molecule has 0 saturated carbocycles. The van der Waals surface area contributed by atoms with Gasteiger partial charge in [-0.05, 0) is 26.8 Å². The first-order valence-corrected chi connectivity index (χ1v) is 4.36. The van der Waals surface area contributed by atoms with Crippen LogP contribution in [0.25, 0.3) is 0 Å². The fraction of sp³-hybridized carbons (Fsp3) is 0.600. The molecule has 0 radical (unpaired) electrons. The summed E-state index contributed by atoms with van der Waals surface area (Å²) in [6.45, 7) is 6.26. The topological polar surface area (TPSA) is 48.4 Å². The number of nitrogens with two attached hydrogens (primary N) is 1. The van der Waals surface area contributed by atoms with Crippen molar-refractivity contribution in [3.8, 4) is 0 Å². The summed E-state index contributed by atoms with van der Waals surface area (Å²) in [6, 6.07) is 1.98. The second kappa shape index (κ2) is 3.52. The van der Waals surface area contributed by atoms with E-state index < -0.39 is 5.60 Å². The van der Waals surface area contributed by atoms with Crippen molar-refractivity contribution in [1.29, 1.82) is 0 Å². The first-order chi connectivity index (χ1) is 6.03. The molecule has 3 nitrogen and oxygen atoms in total. The van der Waals surface area contributed by atoms with E-state index in [1.807, 2.05) is 26.8 Å². The summed E-state index contributed by atoms with van der Waals surface area (Å²) in [6.07, 6.45) is 0. The van der Waals surface area contributed by atoms with E-state index in [9.17, 15) is 0 Å². The Morgan fingerprint density at radius 2 is 2.15 bits per heavy atom. The van der Waals surface area contributed by atoms with Crippen LogP contribution < -0.4 is 5.73 Å². The average Bonchev–Trinajstić information content (AvgIpc) is 2.44. The van der Waals surface area contributed by atoms with E-state index in [1.165, 1.54) is 0 Å². The molecule has 2 N–H and O–H groups in total. The van der Waals surface area contributed by atoms with Gasteiger partial charge in [-0.25, -0.2) is 0 Å². The van der Waals surface area contributed by atoms with Crippen LogP contribution in [-0.4, -0.2) is 13.7 Å². The van der Waals surface area contributed by atoms with Crippen LogP contribution in [0.3, 0.4) is 0 Å². The summed E-state index contributed by atoms with van der Waals surface area (Å²) in [5.74, 6) is 1.77. The van der Waals surface area contributed by atoms with Crippen LogP contribution in [0.4, 0.5) is 0 Å². The Morgan fingerprint density at radius 1 is 1.54 bits per heavy atom. The van der Waals surface area contributed by atoms with Crippen LogP contribution in [0.2, 0.25) is 0 Å². The van der Waals surface area contributed by atoms with Crippen molar-refractivity contribution < 1.29 is 9.15 Å². The van der Waals surface area contributed by atoms with Gasteiger partial charge in [0.2, 0.25) is 0 Å². The van der Waals surface area contributed by atoms with Gasteiger partial charge in [-0.15, -0.1) is 0 Å². The molecule has 0 saturated heterocycles. The number of methoxy groups -OCH3 is 1. The van der Waals surface area contributed by atoms with Gasteiger partial charge >= 0.3 is 0 Å². The van der Waals surface area contributed by atoms with E-state index >= 15 is 0 Å². The second-order valence-electron chi connectivity index (χ2n) is 3.47. The van der Waals surface area contributed by atoms with E-state index in [4.69, 9.17) is 14.9 Å². The molecule has 74 valence electrons. The van der Waals surface area contributed by atoms with Crippen LogP contribution in [0.15, 0.2) is 10.5 Å². The number of hydrogen-bond acceptors (Lipinski definition) is 3. The van der Waals surface area contributed by atoms with Crippen molar-refractivity contribution in [3.63, 3.8) is 0 Å². The van der Waals surface area contributed by atoms with Gasteiger partial charge in [-0.2, -0.15) is 0 Å². The van der Waals surface area contributed by atoms with Crippen molar-refractivity contribution in [2.75, 3.05) is 13.7 Å². The molecule has 0 aliphatic rings. The smallest absolute Gasteiger partial charge is 0.107 e. The molecule has 0 spiro atoms. The van der Waals surface area contributed by atoms with Gasteiger partial charge in [0.1, 0.15) is 17.1 Å². The molecule has 1 rings (SSSR count). The lowest BCUT2D eigenvalue weighted by molar-refractivity contribution is 0.00893. The molecule has 0 fully saturated rings. The largest absolute Gasteiger partial charge is 0.466 e. The standard InChI is InChI=1S/C10H17NO2/c1-7-5-9(8(2)13-7)10(3,6-11)12-4/h5H,6,11H2,1-4H3. The number of ether oxygens (including phenoxy) is 1. The summed E-state index contributed by atoms with van der Waals surface area (Å²) in [7, 11) is 1.66. The molecule has 1 unspecified atom stereocenters. The van der Waals surface area contributed by atoms with Crippen LogP contribution in [0, 0.1) is 13.8 Å². The Morgan fingerprint density at radius 3 is 2.46 bits per heavy atom. The zero-order chi connectivity index (χ0) is 10.1. The summed E-state index contributed by atoms with van der Waals surface area (Å²) in [4.78, 5) is 0. The molecule has 1 aromatic rings. The van der Waals surface area contributed by atoms with E-state index in [1.54, 1.807) is 7.11 Å². The van der Waals surface area contributed by atoms with Crippen LogP contribution in [-0.2, 0) is 10.3 Å². The zero-order valence-corrected chi connectivity index (χ0v) is 8.68. The second-order valence-corrected chi connectivity index (χ2v) is 3.47. The van der Waals surface area contributed by atoms with Gasteiger partial charge in [0.25, 0.3) is 0 Å². The highest BCUT2D eigenvalue weighted by atomic mass is 16.5. The van der Waals surface area contributed by atoms with E-state index in [0.717, 1.165) is 17.1 Å². The highest BCUT2D eigenvalue weighted by Gasteiger charge is 2.28. The summed E-state index contributed by atoms with van der Waals surface area (Å²) < 4.78 is 10.8. The lowest BCUT2D eigenvalue weighted by Gasteiger charge is -2.25. The Bertz CT molecular complexity index is 287. The molecule has 1 aromatic heterocycles. The molecular weight excluding hydrogens is 166 g/mol. The Kier molecular flexibility index (Phi) is 2.78. The Labute approximate surface area is 78.9 Å². The van der Waals surface area contributed by atoms with E-state index in [-0.39, 0.29) is 0 Å². The minimum Gasteiger partial charge on any atom is -0.466 e. The molecule has 0 amide bonds. The fourth-order valence-corrected chi connectivity index (χ4v) is 1.46. The molecule has 1 atom stereocenters. The molecule has 0 aromatic carbocycles. The van der Waals surface area contributed by atoms with Crippen LogP contribution in [0.5, 0.6) is 0 Å². The van der Waals surface area contributed by atoms with Gasteiger partial charge in [0.05, 0.1) is 0 Å². The third kappa shape index (κ3) is 1.76. The predicted molar refractivity (Wildman–Crippen MR) is 51.6 cm³/mol. The van der Waals surface area contributed by atoms with Gasteiger partial charge in [0.15, 0.2) is 0 Å². The van der Waals surface area contributed by atoms with E-state index in [0.29, 0.717) is 6.54 Å². The lowest BCUT2D eigenvalue weighted by Crippen LogP contribution is -2.33. The third-order valence-electron chi connectivity index (χ3n) is 2.45. The van der Waals surface area contributed by atoms with Crippen molar-refractivity contribution in [2.24, 2.45) is 5.73 Å². The minimum absolute atomic E-state index is 0.429. The number of furan rings is 1. The maximum atomic E-state index is 5.66. The Hall–Kier alpha value is -0.800. The summed E-state index contributed by atoms with van der Waals surface area (Å²) in [5.41, 5.74) is 6.27. The predicted octanol–water partition coefficient (Wildman–Crippen LogP) is 1.72. The van der Waals surface area contributed by atoms with Crippen molar-refractivity contribution in [3.05, 3.63) is 23.2 Å². The van der Waals surface area contributed by atoms with Crippen LogP contribution in [0.1, 0.15) is 24.0 Å². The number of rotatable bonds is 3. The third-order valence-corrected chi connectivity index (χ3v) is 2.45. The highest BCUT2D eigenvalue weighted by molar-refractivity contribution is 5.27. The number of aryl methyl sites for hydroxylation is 2. The quantitative estimate of drug-likeness (QED) is 0.776. The monoisotopic (exact) mass is 183 g/mol. The maximum Gasteiger partial charge on any atom is 0.107 e. The van der Waals surface area contributed by atoms with Crippen molar-refractivity contribution in [2.45, 2.75) is 26.4 Å². The number of hydrogen-bond donors (Lipinski definition) is 1. The maximum absolute atomic E-state index is 5.66. The van der Waals surface area contributed by atoms with Gasteiger partial charge in [-0.3, -0.25) is 0 Å². The van der Waals surface area contributed by atoms with Crippen LogP contribution >= 0.6 is 0 Å². The van der Waals surface area contributed by atoms with Crippen molar-refractivity contribution >= 4 is 0 Å². The summed E-state index contributed by atoms with van der Waals surface area (Å²) in [5, 5.41) is 0.